The maximum atomic E-state index is 13.7. The smallest absolute Gasteiger partial charge is 0.247 e. The lowest BCUT2D eigenvalue weighted by Gasteiger charge is -2.33. The molecule has 3 rings (SSSR count). The van der Waals surface area contributed by atoms with Gasteiger partial charge in [0.1, 0.15) is 10.8 Å². The van der Waals surface area contributed by atoms with Crippen molar-refractivity contribution in [2.45, 2.75) is 24.0 Å². The average molecular weight is 398 g/mol. The fourth-order valence-electron chi connectivity index (χ4n) is 2.99. The minimum Gasteiger partial charge on any atom is -0.317 e. The summed E-state index contributed by atoms with van der Waals surface area (Å²) in [5, 5.41) is 14.2. The molecule has 0 bridgehead atoms. The Labute approximate surface area is 155 Å². The minimum atomic E-state index is -3.60. The average Bonchev–Trinajstić information content (AvgIpc) is 3.03. The summed E-state index contributed by atoms with van der Waals surface area (Å²) >= 11 is 1.11. The van der Waals surface area contributed by atoms with Gasteiger partial charge in [-0.3, -0.25) is 10.1 Å². The summed E-state index contributed by atoms with van der Waals surface area (Å²) in [5.41, 5.74) is 0.479. The van der Waals surface area contributed by atoms with Crippen LogP contribution in [0, 0.1) is 5.82 Å². The second-order valence-corrected chi connectivity index (χ2v) is 9.63. The first-order chi connectivity index (χ1) is 12.3. The van der Waals surface area contributed by atoms with Gasteiger partial charge in [0.2, 0.25) is 11.0 Å². The highest BCUT2D eigenvalue weighted by atomic mass is 32.2. The van der Waals surface area contributed by atoms with Crippen LogP contribution in [0.15, 0.2) is 24.3 Å². The van der Waals surface area contributed by atoms with E-state index in [1.807, 2.05) is 0 Å². The monoisotopic (exact) mass is 398 g/mol. The summed E-state index contributed by atoms with van der Waals surface area (Å²) in [4.78, 5) is 12.7. The molecule has 0 spiro atoms. The Morgan fingerprint density at radius 2 is 2.00 bits per heavy atom. The van der Waals surface area contributed by atoms with Gasteiger partial charge in [-0.2, -0.15) is 0 Å². The maximum absolute atomic E-state index is 13.7. The third kappa shape index (κ3) is 3.76. The second kappa shape index (κ2) is 7.37. The fraction of sp³-hybridized carbons (Fsp3) is 0.438. The van der Waals surface area contributed by atoms with Crippen molar-refractivity contribution < 1.29 is 17.6 Å². The number of nitrogens with one attached hydrogen (secondary N) is 2. The van der Waals surface area contributed by atoms with E-state index in [0.29, 0.717) is 23.7 Å². The van der Waals surface area contributed by atoms with Gasteiger partial charge < -0.3 is 5.32 Å². The summed E-state index contributed by atoms with van der Waals surface area (Å²) in [6, 6.07) is 6.36. The normalized spacial score (nSPS) is 17.0. The third-order valence-electron chi connectivity index (χ3n) is 4.52. The second-order valence-electron chi connectivity index (χ2n) is 6.24. The van der Waals surface area contributed by atoms with Gasteiger partial charge >= 0.3 is 0 Å². The molecule has 1 aromatic carbocycles. The molecule has 2 heterocycles. The van der Waals surface area contributed by atoms with Crippen LogP contribution in [0.4, 0.5) is 9.52 Å². The number of anilines is 1. The molecule has 1 aliphatic rings. The topological polar surface area (TPSA) is 101 Å². The highest BCUT2D eigenvalue weighted by Crippen LogP contribution is 2.30. The lowest BCUT2D eigenvalue weighted by molar-refractivity contribution is -0.119. The molecule has 10 heteroatoms. The molecule has 0 saturated carbocycles. The number of piperidine rings is 1. The van der Waals surface area contributed by atoms with Crippen molar-refractivity contribution in [3.63, 3.8) is 0 Å². The summed E-state index contributed by atoms with van der Waals surface area (Å²) in [6.45, 7) is 0.907. The Kier molecular flexibility index (Phi) is 5.35. The van der Waals surface area contributed by atoms with Crippen molar-refractivity contribution in [1.29, 1.82) is 0 Å². The molecule has 2 aromatic rings. The zero-order valence-corrected chi connectivity index (χ0v) is 15.8. The minimum absolute atomic E-state index is 0.207. The molecule has 0 unspecified atom stereocenters. The molecule has 1 fully saturated rings. The summed E-state index contributed by atoms with van der Waals surface area (Å²) < 4.78 is 36.8. The van der Waals surface area contributed by atoms with Crippen LogP contribution < -0.4 is 10.6 Å². The van der Waals surface area contributed by atoms with Crippen molar-refractivity contribution in [2.24, 2.45) is 0 Å². The molecule has 1 amide bonds. The number of rotatable bonds is 5. The summed E-state index contributed by atoms with van der Waals surface area (Å²) in [5.74, 6) is -0.922. The van der Waals surface area contributed by atoms with E-state index in [9.17, 15) is 17.6 Å². The van der Waals surface area contributed by atoms with E-state index in [-0.39, 0.29) is 30.2 Å². The lowest BCUT2D eigenvalue weighted by atomic mass is 9.96. The summed E-state index contributed by atoms with van der Waals surface area (Å²) in [6.07, 6.45) is 1.75. The number of nitrogens with zero attached hydrogens (tertiary/aromatic N) is 2. The number of hydrogen-bond donors (Lipinski definition) is 2. The number of benzene rings is 1. The van der Waals surface area contributed by atoms with Crippen LogP contribution in [0.2, 0.25) is 0 Å². The zero-order valence-electron chi connectivity index (χ0n) is 14.2. The van der Waals surface area contributed by atoms with E-state index in [0.717, 1.165) is 17.6 Å². The molecule has 7 nitrogen and oxygen atoms in total. The van der Waals surface area contributed by atoms with Crippen LogP contribution in [0.5, 0.6) is 0 Å². The first-order valence-corrected chi connectivity index (χ1v) is 10.8. The number of sulfone groups is 1. The number of carbonyl (C=O) groups excluding carboxylic acids is 1. The molecule has 26 heavy (non-hydrogen) atoms. The first-order valence-electron chi connectivity index (χ1n) is 8.09. The van der Waals surface area contributed by atoms with Gasteiger partial charge in [-0.05, 0) is 37.6 Å². The molecule has 1 aliphatic heterocycles. The quantitative estimate of drug-likeness (QED) is 0.789. The van der Waals surface area contributed by atoms with Gasteiger partial charge in [-0.15, -0.1) is 10.2 Å². The van der Waals surface area contributed by atoms with E-state index in [1.165, 1.54) is 6.07 Å². The van der Waals surface area contributed by atoms with Gasteiger partial charge in [0, 0.05) is 12.7 Å². The van der Waals surface area contributed by atoms with Crippen LogP contribution in [-0.4, -0.2) is 48.6 Å². The Morgan fingerprint density at radius 1 is 1.31 bits per heavy atom. The Hall–Kier alpha value is -1.91. The highest BCUT2D eigenvalue weighted by Gasteiger charge is 2.48. The first kappa shape index (κ1) is 18.9. The van der Waals surface area contributed by atoms with Crippen molar-refractivity contribution in [1.82, 2.24) is 15.5 Å². The largest absolute Gasteiger partial charge is 0.317 e. The van der Waals surface area contributed by atoms with Crippen LogP contribution >= 0.6 is 11.3 Å². The maximum Gasteiger partial charge on any atom is 0.247 e. The predicted molar refractivity (Wildman–Crippen MR) is 97.4 cm³/mol. The van der Waals surface area contributed by atoms with Gasteiger partial charge in [0.05, 0.1) is 0 Å². The van der Waals surface area contributed by atoms with Gasteiger partial charge in [0.25, 0.3) is 0 Å². The van der Waals surface area contributed by atoms with Crippen LogP contribution in [0.3, 0.4) is 0 Å². The number of carbonyl (C=O) groups is 1. The van der Waals surface area contributed by atoms with E-state index < -0.39 is 20.5 Å². The molecular formula is C16H19FN4O3S2. The van der Waals surface area contributed by atoms with E-state index in [1.54, 1.807) is 18.2 Å². The zero-order chi connectivity index (χ0) is 18.8. The SMILES string of the molecule is CS(=O)(=O)C1(C(=O)Nc2nnc(Cc3ccccc3F)s2)CCNCC1. The Bertz CT molecular complexity index is 908. The summed E-state index contributed by atoms with van der Waals surface area (Å²) in [7, 11) is -3.60. The van der Waals surface area contributed by atoms with Crippen molar-refractivity contribution in [2.75, 3.05) is 24.7 Å². The number of hydrogen-bond acceptors (Lipinski definition) is 7. The van der Waals surface area contributed by atoms with E-state index in [4.69, 9.17) is 0 Å². The molecule has 0 aliphatic carbocycles. The number of halogens is 1. The number of amides is 1. The van der Waals surface area contributed by atoms with Crippen molar-refractivity contribution >= 4 is 32.2 Å². The third-order valence-corrected chi connectivity index (χ3v) is 7.37. The Morgan fingerprint density at radius 3 is 2.65 bits per heavy atom. The van der Waals surface area contributed by atoms with E-state index >= 15 is 0 Å². The molecule has 2 N–H and O–H groups in total. The molecule has 1 aromatic heterocycles. The van der Waals surface area contributed by atoms with Crippen LogP contribution in [0.25, 0.3) is 0 Å². The molecule has 140 valence electrons. The predicted octanol–water partition coefficient (Wildman–Crippen LogP) is 1.37. The lowest BCUT2D eigenvalue weighted by Crippen LogP contribution is -2.55. The van der Waals surface area contributed by atoms with Gasteiger partial charge in [0.15, 0.2) is 14.6 Å². The van der Waals surface area contributed by atoms with Crippen molar-refractivity contribution in [3.05, 3.63) is 40.7 Å². The molecule has 1 saturated heterocycles. The highest BCUT2D eigenvalue weighted by molar-refractivity contribution is 7.92. The number of aromatic nitrogens is 2. The molecule has 0 radical (unpaired) electrons. The molecular weight excluding hydrogens is 379 g/mol. The van der Waals surface area contributed by atoms with E-state index in [2.05, 4.69) is 20.8 Å². The van der Waals surface area contributed by atoms with Gasteiger partial charge in [-0.25, -0.2) is 12.8 Å². The Balaban J connectivity index is 1.76. The molecule has 0 atom stereocenters. The van der Waals surface area contributed by atoms with Crippen LogP contribution in [0.1, 0.15) is 23.4 Å². The van der Waals surface area contributed by atoms with Crippen molar-refractivity contribution in [3.8, 4) is 0 Å². The van der Waals surface area contributed by atoms with Gasteiger partial charge in [-0.1, -0.05) is 29.5 Å². The fourth-order valence-corrected chi connectivity index (χ4v) is 5.08. The standard InChI is InChI=1S/C16H19FN4O3S2/c1-26(23,24)16(6-8-18-9-7-16)14(22)19-15-21-20-13(25-15)10-11-4-2-3-5-12(11)17/h2-5,18H,6-10H2,1H3,(H,19,21,22). The van der Waals surface area contributed by atoms with Crippen LogP contribution in [-0.2, 0) is 21.1 Å².